The van der Waals surface area contributed by atoms with Gasteiger partial charge < -0.3 is 10.2 Å². The van der Waals surface area contributed by atoms with Crippen LogP contribution in [0.15, 0.2) is 10.5 Å². The minimum atomic E-state index is -1.49. The molecule has 1 atom stereocenters. The summed E-state index contributed by atoms with van der Waals surface area (Å²) in [6.45, 7) is 0. The molecule has 3 nitrogen and oxygen atoms in total. The summed E-state index contributed by atoms with van der Waals surface area (Å²) in [7, 11) is 0. The van der Waals surface area contributed by atoms with Crippen LogP contribution in [0.2, 0.25) is 4.34 Å². The molecule has 0 spiro atoms. The fraction of sp³-hybridized carbons (Fsp3) is 0.167. The van der Waals surface area contributed by atoms with Crippen LogP contribution in [0.25, 0.3) is 0 Å². The average molecular weight is 272 g/mol. The number of aliphatic carboxylic acids is 1. The van der Waals surface area contributed by atoms with E-state index in [1.165, 1.54) is 6.07 Å². The maximum Gasteiger partial charge on any atom is 0.338 e. The van der Waals surface area contributed by atoms with Crippen molar-refractivity contribution in [3.05, 3.63) is 19.8 Å². The average Bonchev–Trinajstić information content (AvgIpc) is 2.30. The molecule has 66 valence electrons. The van der Waals surface area contributed by atoms with Gasteiger partial charge in [0.2, 0.25) is 0 Å². The highest BCUT2D eigenvalue weighted by Gasteiger charge is 2.19. The Morgan fingerprint density at radius 1 is 1.75 bits per heavy atom. The van der Waals surface area contributed by atoms with Gasteiger partial charge in [0.05, 0.1) is 0 Å². The molecule has 1 heterocycles. The van der Waals surface area contributed by atoms with E-state index in [2.05, 4.69) is 15.9 Å². The Kier molecular flexibility index (Phi) is 3.11. The number of carbonyl (C=O) groups is 1. The lowest BCUT2D eigenvalue weighted by Crippen LogP contribution is -2.08. The Hall–Kier alpha value is -0.100. The van der Waals surface area contributed by atoms with E-state index in [1.807, 2.05) is 0 Å². The van der Waals surface area contributed by atoms with Crippen molar-refractivity contribution in [2.24, 2.45) is 0 Å². The first-order chi connectivity index (χ1) is 5.52. The number of rotatable bonds is 2. The second-order valence-corrected chi connectivity index (χ2v) is 4.55. The van der Waals surface area contributed by atoms with Crippen molar-refractivity contribution in [3.63, 3.8) is 0 Å². The summed E-state index contributed by atoms with van der Waals surface area (Å²) < 4.78 is 1.04. The smallest absolute Gasteiger partial charge is 0.338 e. The molecule has 0 aliphatic heterocycles. The number of hydrogen-bond donors (Lipinski definition) is 2. The highest BCUT2D eigenvalue weighted by molar-refractivity contribution is 9.10. The number of aliphatic hydroxyl groups excluding tert-OH is 1. The van der Waals surface area contributed by atoms with E-state index >= 15 is 0 Å². The molecule has 12 heavy (non-hydrogen) atoms. The van der Waals surface area contributed by atoms with Crippen molar-refractivity contribution in [3.8, 4) is 0 Å². The monoisotopic (exact) mass is 270 g/mol. The molecular weight excluding hydrogens is 267 g/mol. The molecule has 0 amide bonds. The number of carboxylic acids is 1. The topological polar surface area (TPSA) is 57.5 Å². The summed E-state index contributed by atoms with van der Waals surface area (Å²) in [6.07, 6.45) is -1.49. The van der Waals surface area contributed by atoms with Crippen LogP contribution >= 0.6 is 38.9 Å². The third-order valence-corrected chi connectivity index (χ3v) is 3.69. The van der Waals surface area contributed by atoms with E-state index in [9.17, 15) is 4.79 Å². The van der Waals surface area contributed by atoms with E-state index in [0.717, 1.165) is 11.3 Å². The summed E-state index contributed by atoms with van der Waals surface area (Å²) in [6, 6.07) is 1.49. The van der Waals surface area contributed by atoms with Crippen LogP contribution in [-0.2, 0) is 4.79 Å². The minimum absolute atomic E-state index is 0.319. The zero-order valence-corrected chi connectivity index (χ0v) is 8.78. The molecule has 1 aromatic heterocycles. The number of thiophene rings is 1. The first-order valence-corrected chi connectivity index (χ1v) is 4.86. The largest absolute Gasteiger partial charge is 0.479 e. The quantitative estimate of drug-likeness (QED) is 0.867. The highest BCUT2D eigenvalue weighted by Crippen LogP contribution is 2.35. The van der Waals surface area contributed by atoms with E-state index in [0.29, 0.717) is 13.7 Å². The van der Waals surface area contributed by atoms with E-state index < -0.39 is 12.1 Å². The van der Waals surface area contributed by atoms with Crippen LogP contribution in [0, 0.1) is 0 Å². The van der Waals surface area contributed by atoms with Gasteiger partial charge in [-0.25, -0.2) is 4.79 Å². The summed E-state index contributed by atoms with van der Waals surface area (Å²) in [5.41, 5.74) is 0. The molecule has 2 N–H and O–H groups in total. The van der Waals surface area contributed by atoms with Gasteiger partial charge in [-0.2, -0.15) is 0 Å². The SMILES string of the molecule is O=C(O)C(O)c1cc(Br)c(Cl)s1. The van der Waals surface area contributed by atoms with E-state index in [1.54, 1.807) is 0 Å². The fourth-order valence-corrected chi connectivity index (χ4v) is 2.34. The van der Waals surface area contributed by atoms with Crippen LogP contribution in [0.4, 0.5) is 0 Å². The van der Waals surface area contributed by atoms with Gasteiger partial charge in [0.1, 0.15) is 4.34 Å². The number of aliphatic hydroxyl groups is 1. The Labute approximate surface area is 85.7 Å². The standard InChI is InChI=1S/C6H4BrClO3S/c7-2-1-3(12-5(2)8)4(9)6(10)11/h1,4,9H,(H,10,11). The molecule has 1 unspecified atom stereocenters. The molecule has 0 aliphatic carbocycles. The Morgan fingerprint density at radius 3 is 2.67 bits per heavy atom. The first-order valence-electron chi connectivity index (χ1n) is 2.88. The molecule has 0 radical (unpaired) electrons. The van der Waals surface area contributed by atoms with Gasteiger partial charge in [-0.3, -0.25) is 0 Å². The molecule has 0 fully saturated rings. The molecule has 0 aliphatic rings. The molecule has 0 saturated heterocycles. The number of halogens is 2. The second kappa shape index (κ2) is 3.74. The maximum absolute atomic E-state index is 10.3. The molecule has 6 heteroatoms. The molecule has 1 rings (SSSR count). The lowest BCUT2D eigenvalue weighted by atomic mass is 10.3. The maximum atomic E-state index is 10.3. The Morgan fingerprint density at radius 2 is 2.33 bits per heavy atom. The number of hydrogen-bond acceptors (Lipinski definition) is 3. The van der Waals surface area contributed by atoms with Gasteiger partial charge in [0, 0.05) is 9.35 Å². The normalized spacial score (nSPS) is 12.9. The van der Waals surface area contributed by atoms with Crippen LogP contribution in [0.1, 0.15) is 11.0 Å². The van der Waals surface area contributed by atoms with Crippen LogP contribution in [-0.4, -0.2) is 16.2 Å². The van der Waals surface area contributed by atoms with Crippen molar-refractivity contribution < 1.29 is 15.0 Å². The third-order valence-electron chi connectivity index (χ3n) is 1.17. The van der Waals surface area contributed by atoms with Crippen molar-refractivity contribution in [1.82, 2.24) is 0 Å². The third kappa shape index (κ3) is 1.98. The summed E-state index contributed by atoms with van der Waals surface area (Å²) in [5.74, 6) is -1.28. The van der Waals surface area contributed by atoms with E-state index in [4.69, 9.17) is 21.8 Å². The minimum Gasteiger partial charge on any atom is -0.479 e. The van der Waals surface area contributed by atoms with Crippen molar-refractivity contribution in [2.45, 2.75) is 6.10 Å². The van der Waals surface area contributed by atoms with Crippen molar-refractivity contribution in [1.29, 1.82) is 0 Å². The van der Waals surface area contributed by atoms with Gasteiger partial charge >= 0.3 is 5.97 Å². The zero-order chi connectivity index (χ0) is 9.30. The van der Waals surface area contributed by atoms with Gasteiger partial charge in [-0.05, 0) is 22.0 Å². The summed E-state index contributed by atoms with van der Waals surface area (Å²) in [4.78, 5) is 10.6. The Bertz CT molecular complexity index is 292. The van der Waals surface area contributed by atoms with Crippen LogP contribution < -0.4 is 0 Å². The van der Waals surface area contributed by atoms with Gasteiger partial charge in [0.15, 0.2) is 6.10 Å². The van der Waals surface area contributed by atoms with Gasteiger partial charge in [-0.15, -0.1) is 11.3 Å². The second-order valence-electron chi connectivity index (χ2n) is 2.01. The lowest BCUT2D eigenvalue weighted by molar-refractivity contribution is -0.146. The van der Waals surface area contributed by atoms with Gasteiger partial charge in [0.25, 0.3) is 0 Å². The highest BCUT2D eigenvalue weighted by atomic mass is 79.9. The molecule has 0 aromatic carbocycles. The lowest BCUT2D eigenvalue weighted by Gasteiger charge is -1.99. The van der Waals surface area contributed by atoms with Crippen molar-refractivity contribution in [2.75, 3.05) is 0 Å². The van der Waals surface area contributed by atoms with E-state index in [-0.39, 0.29) is 0 Å². The molecular formula is C6H4BrClO3S. The zero-order valence-electron chi connectivity index (χ0n) is 5.62. The summed E-state index contributed by atoms with van der Waals surface area (Å²) >= 11 is 9.79. The Balaban J connectivity index is 2.96. The summed E-state index contributed by atoms with van der Waals surface area (Å²) in [5, 5.41) is 17.5. The van der Waals surface area contributed by atoms with Crippen LogP contribution in [0.3, 0.4) is 0 Å². The first kappa shape index (κ1) is 9.98. The van der Waals surface area contributed by atoms with Crippen LogP contribution in [0.5, 0.6) is 0 Å². The molecule has 1 aromatic rings. The number of carboxylic acid groups (broad SMARTS) is 1. The van der Waals surface area contributed by atoms with Gasteiger partial charge in [-0.1, -0.05) is 11.6 Å². The van der Waals surface area contributed by atoms with Crippen molar-refractivity contribution >= 4 is 44.8 Å². The predicted octanol–water partition coefficient (Wildman–Crippen LogP) is 2.28. The fourth-order valence-electron chi connectivity index (χ4n) is 0.620. The molecule has 0 saturated carbocycles. The predicted molar refractivity (Wildman–Crippen MR) is 49.6 cm³/mol. The molecule has 0 bridgehead atoms.